The molecule has 0 spiro atoms. The Kier molecular flexibility index (Phi) is 6.81. The van der Waals surface area contributed by atoms with Crippen LogP contribution < -0.4 is 0 Å². The van der Waals surface area contributed by atoms with Gasteiger partial charge in [0.15, 0.2) is 11.5 Å². The van der Waals surface area contributed by atoms with E-state index in [9.17, 15) is 13.2 Å². The van der Waals surface area contributed by atoms with E-state index in [1.165, 1.54) is 6.20 Å². The quantitative estimate of drug-likeness (QED) is 0.333. The van der Waals surface area contributed by atoms with Crippen LogP contribution in [0.3, 0.4) is 0 Å². The average molecular weight is 361 g/mol. The Hall–Kier alpha value is -2.55. The SMILES string of the molecule is CCCCCc1c(F)cc(C#Cc2ncc(N=C=S)nc2F)cc1F. The van der Waals surface area contributed by atoms with E-state index in [1.807, 2.05) is 12.1 Å². The van der Waals surface area contributed by atoms with Crippen molar-refractivity contribution in [3.63, 3.8) is 0 Å². The van der Waals surface area contributed by atoms with E-state index in [2.05, 4.69) is 39.0 Å². The molecule has 128 valence electrons. The second kappa shape index (κ2) is 9.07. The van der Waals surface area contributed by atoms with Crippen LogP contribution in [0.25, 0.3) is 0 Å². The minimum Gasteiger partial charge on any atom is -0.239 e. The van der Waals surface area contributed by atoms with Crippen molar-refractivity contribution >= 4 is 23.2 Å². The van der Waals surface area contributed by atoms with Crippen LogP contribution in [0.15, 0.2) is 23.3 Å². The Morgan fingerprint density at radius 3 is 2.44 bits per heavy atom. The Morgan fingerprint density at radius 1 is 1.12 bits per heavy atom. The molecule has 0 amide bonds. The summed E-state index contributed by atoms with van der Waals surface area (Å²) in [6, 6.07) is 2.26. The molecule has 2 rings (SSSR count). The first-order valence-corrected chi connectivity index (χ1v) is 8.06. The van der Waals surface area contributed by atoms with E-state index in [4.69, 9.17) is 0 Å². The number of unbranched alkanes of at least 4 members (excludes halogenated alkanes) is 2. The normalized spacial score (nSPS) is 9.92. The van der Waals surface area contributed by atoms with Gasteiger partial charge >= 0.3 is 0 Å². The van der Waals surface area contributed by atoms with Gasteiger partial charge in [0, 0.05) is 11.1 Å². The Balaban J connectivity index is 2.24. The van der Waals surface area contributed by atoms with Crippen molar-refractivity contribution in [1.82, 2.24) is 9.97 Å². The molecule has 0 unspecified atom stereocenters. The number of aromatic nitrogens is 2. The monoisotopic (exact) mass is 361 g/mol. The molecule has 7 heteroatoms. The molecule has 25 heavy (non-hydrogen) atoms. The molecule has 0 N–H and O–H groups in total. The number of isothiocyanates is 1. The van der Waals surface area contributed by atoms with Crippen LogP contribution in [-0.4, -0.2) is 15.1 Å². The smallest absolute Gasteiger partial charge is 0.239 e. The lowest BCUT2D eigenvalue weighted by Crippen LogP contribution is -1.98. The number of hydrogen-bond donors (Lipinski definition) is 0. The van der Waals surface area contributed by atoms with Crippen LogP contribution in [0.2, 0.25) is 0 Å². The Morgan fingerprint density at radius 2 is 1.84 bits per heavy atom. The van der Waals surface area contributed by atoms with Crippen molar-refractivity contribution in [2.45, 2.75) is 32.6 Å². The fourth-order valence-electron chi connectivity index (χ4n) is 2.14. The maximum absolute atomic E-state index is 14.0. The highest BCUT2D eigenvalue weighted by Gasteiger charge is 2.10. The van der Waals surface area contributed by atoms with Crippen molar-refractivity contribution in [2.24, 2.45) is 4.99 Å². The number of benzene rings is 1. The van der Waals surface area contributed by atoms with E-state index >= 15 is 0 Å². The van der Waals surface area contributed by atoms with Crippen LogP contribution in [0.4, 0.5) is 19.0 Å². The standard InChI is InChI=1S/C18H14F3N3S/c1-2-3-4-5-13-14(19)8-12(9-15(13)20)6-7-16-18(21)24-17(10-22-16)23-11-25/h8-10H,2-5H2,1H3. The predicted molar refractivity (Wildman–Crippen MR) is 92.2 cm³/mol. The van der Waals surface area contributed by atoms with Gasteiger partial charge in [0.25, 0.3) is 0 Å². The van der Waals surface area contributed by atoms with E-state index in [0.717, 1.165) is 25.0 Å². The molecule has 1 heterocycles. The van der Waals surface area contributed by atoms with Crippen molar-refractivity contribution in [1.29, 1.82) is 0 Å². The minimum atomic E-state index is -0.948. The zero-order chi connectivity index (χ0) is 18.2. The highest BCUT2D eigenvalue weighted by Crippen LogP contribution is 2.18. The number of hydrogen-bond acceptors (Lipinski definition) is 4. The highest BCUT2D eigenvalue weighted by molar-refractivity contribution is 7.78. The lowest BCUT2D eigenvalue weighted by Gasteiger charge is -2.05. The van der Waals surface area contributed by atoms with E-state index in [1.54, 1.807) is 0 Å². The predicted octanol–water partition coefficient (Wildman–Crippen LogP) is 4.76. The summed E-state index contributed by atoms with van der Waals surface area (Å²) in [5, 5.41) is 2.04. The van der Waals surface area contributed by atoms with Crippen LogP contribution in [0.1, 0.15) is 43.0 Å². The van der Waals surface area contributed by atoms with Gasteiger partial charge in [-0.1, -0.05) is 25.7 Å². The van der Waals surface area contributed by atoms with Crippen molar-refractivity contribution < 1.29 is 13.2 Å². The van der Waals surface area contributed by atoms with Gasteiger partial charge in [-0.2, -0.15) is 14.4 Å². The summed E-state index contributed by atoms with van der Waals surface area (Å²) >= 11 is 4.39. The summed E-state index contributed by atoms with van der Waals surface area (Å²) < 4.78 is 41.8. The summed E-state index contributed by atoms with van der Waals surface area (Å²) in [4.78, 5) is 10.7. The first-order chi connectivity index (χ1) is 12.0. The average Bonchev–Trinajstić information content (AvgIpc) is 2.57. The van der Waals surface area contributed by atoms with Gasteiger partial charge in [0.1, 0.15) is 11.6 Å². The number of halogens is 3. The third-order valence-corrected chi connectivity index (χ3v) is 3.47. The molecule has 2 aromatic rings. The van der Waals surface area contributed by atoms with Gasteiger partial charge in [-0.05, 0) is 43.1 Å². The Bertz CT molecular complexity index is 858. The van der Waals surface area contributed by atoms with Gasteiger partial charge in [-0.25, -0.2) is 13.8 Å². The van der Waals surface area contributed by atoms with Crippen LogP contribution in [-0.2, 0) is 6.42 Å². The summed E-state index contributed by atoms with van der Waals surface area (Å²) in [5.74, 6) is 2.60. The lowest BCUT2D eigenvalue weighted by molar-refractivity contribution is 0.545. The van der Waals surface area contributed by atoms with E-state index < -0.39 is 17.6 Å². The third-order valence-electron chi connectivity index (χ3n) is 3.37. The summed E-state index contributed by atoms with van der Waals surface area (Å²) in [6.45, 7) is 2.02. The van der Waals surface area contributed by atoms with Crippen LogP contribution in [0, 0.1) is 29.4 Å². The van der Waals surface area contributed by atoms with Gasteiger partial charge in [-0.3, -0.25) is 0 Å². The molecule has 0 saturated carbocycles. The molecule has 1 aromatic heterocycles. The number of aliphatic imine (C=N–C) groups is 1. The van der Waals surface area contributed by atoms with Crippen molar-refractivity contribution in [3.8, 4) is 11.8 Å². The topological polar surface area (TPSA) is 38.1 Å². The Labute approximate surface area is 149 Å². The number of thiocarbonyl (C=S) groups is 1. The number of rotatable bonds is 5. The zero-order valence-electron chi connectivity index (χ0n) is 13.4. The van der Waals surface area contributed by atoms with Crippen molar-refractivity contribution in [3.05, 3.63) is 52.7 Å². The van der Waals surface area contributed by atoms with Gasteiger partial charge < -0.3 is 0 Å². The minimum absolute atomic E-state index is 0.0356. The fraction of sp³-hybridized carbons (Fsp3) is 0.278. The van der Waals surface area contributed by atoms with E-state index in [0.29, 0.717) is 12.8 Å². The van der Waals surface area contributed by atoms with Crippen LogP contribution >= 0.6 is 12.2 Å². The zero-order valence-corrected chi connectivity index (χ0v) is 14.3. The molecular weight excluding hydrogens is 347 g/mol. The number of nitrogens with zero attached hydrogens (tertiary/aromatic N) is 3. The summed E-state index contributed by atoms with van der Waals surface area (Å²) in [7, 11) is 0. The molecular formula is C18H14F3N3S. The summed E-state index contributed by atoms with van der Waals surface area (Å²) in [6.07, 6.45) is 4.09. The largest absolute Gasteiger partial charge is 0.249 e. The molecule has 0 bridgehead atoms. The van der Waals surface area contributed by atoms with Gasteiger partial charge in [0.2, 0.25) is 5.95 Å². The maximum Gasteiger partial charge on any atom is 0.249 e. The molecule has 0 atom stereocenters. The molecule has 1 aromatic carbocycles. The second-order valence-corrected chi connectivity index (χ2v) is 5.38. The van der Waals surface area contributed by atoms with Gasteiger partial charge in [-0.15, -0.1) is 0 Å². The maximum atomic E-state index is 14.0. The molecule has 0 aliphatic heterocycles. The molecule has 3 nitrogen and oxygen atoms in total. The molecule has 0 aliphatic rings. The van der Waals surface area contributed by atoms with Gasteiger partial charge in [0.05, 0.1) is 11.4 Å². The fourth-order valence-corrected chi connectivity index (χ4v) is 2.23. The lowest BCUT2D eigenvalue weighted by atomic mass is 10.0. The van der Waals surface area contributed by atoms with Crippen molar-refractivity contribution in [2.75, 3.05) is 0 Å². The first-order valence-electron chi connectivity index (χ1n) is 7.65. The second-order valence-electron chi connectivity index (χ2n) is 5.20. The molecule has 0 saturated heterocycles. The first kappa shape index (κ1) is 18.8. The highest BCUT2D eigenvalue weighted by atomic mass is 32.1. The molecule has 0 radical (unpaired) electrons. The summed E-state index contributed by atoms with van der Waals surface area (Å²) in [5.41, 5.74) is -0.111. The molecule has 0 fully saturated rings. The van der Waals surface area contributed by atoms with E-state index in [-0.39, 0.29) is 22.6 Å². The third kappa shape index (κ3) is 5.21. The molecule has 0 aliphatic carbocycles. The van der Waals surface area contributed by atoms with Crippen LogP contribution in [0.5, 0.6) is 0 Å².